The van der Waals surface area contributed by atoms with Crippen LogP contribution in [-0.2, 0) is 12.8 Å². The Balaban J connectivity index is 2.27. The first-order valence-electron chi connectivity index (χ1n) is 5.32. The maximum atomic E-state index is 6.22. The monoisotopic (exact) mass is 239 g/mol. The second-order valence-corrected chi connectivity index (χ2v) is 4.83. The highest BCUT2D eigenvalue weighted by Gasteiger charge is 2.18. The molecule has 3 heteroatoms. The molecule has 0 aliphatic carbocycles. The Kier molecular flexibility index (Phi) is 3.27. The van der Waals surface area contributed by atoms with Crippen LogP contribution in [0, 0.1) is 0 Å². The lowest BCUT2D eigenvalue weighted by atomic mass is 10.0. The van der Waals surface area contributed by atoms with E-state index in [1.165, 1.54) is 18.4 Å². The van der Waals surface area contributed by atoms with E-state index in [0.717, 1.165) is 34.1 Å². The second kappa shape index (κ2) is 4.50. The molecule has 0 bridgehead atoms. The van der Waals surface area contributed by atoms with E-state index >= 15 is 0 Å². The van der Waals surface area contributed by atoms with Crippen molar-refractivity contribution in [2.24, 2.45) is 0 Å². The summed E-state index contributed by atoms with van der Waals surface area (Å²) in [5.41, 5.74) is 3.57. The molecule has 0 radical (unpaired) electrons. The molecular formula is C12H14ClNS. The van der Waals surface area contributed by atoms with Gasteiger partial charge in [-0.15, -0.1) is 0 Å². The van der Waals surface area contributed by atoms with Gasteiger partial charge in [0.1, 0.15) is 0 Å². The quantitative estimate of drug-likeness (QED) is 0.801. The van der Waals surface area contributed by atoms with Gasteiger partial charge in [-0.3, -0.25) is 0 Å². The molecule has 15 heavy (non-hydrogen) atoms. The fourth-order valence-electron chi connectivity index (χ4n) is 1.86. The molecular weight excluding hydrogens is 226 g/mol. The fraction of sp³-hybridized carbons (Fsp3) is 0.417. The van der Waals surface area contributed by atoms with E-state index in [2.05, 4.69) is 24.4 Å². The molecule has 0 atom stereocenters. The average Bonchev–Trinajstić information content (AvgIpc) is 2.56. The summed E-state index contributed by atoms with van der Waals surface area (Å²) < 4.78 is 0. The third-order valence-corrected chi connectivity index (χ3v) is 3.27. The number of hydrogen-bond acceptors (Lipinski definition) is 1. The minimum atomic E-state index is 0.789. The zero-order chi connectivity index (χ0) is 10.8. The largest absolute Gasteiger partial charge is 0.349 e. The maximum absolute atomic E-state index is 6.22. The predicted molar refractivity (Wildman–Crippen MR) is 70.0 cm³/mol. The summed E-state index contributed by atoms with van der Waals surface area (Å²) in [6, 6.07) is 4.25. The van der Waals surface area contributed by atoms with Crippen molar-refractivity contribution in [2.45, 2.75) is 32.6 Å². The van der Waals surface area contributed by atoms with Crippen molar-refractivity contribution in [3.05, 3.63) is 28.3 Å². The number of benzene rings is 1. The number of hydrogen-bond donors (Lipinski definition) is 1. The molecule has 0 saturated carbocycles. The molecule has 1 aliphatic rings. The van der Waals surface area contributed by atoms with Gasteiger partial charge in [0.05, 0.1) is 4.99 Å². The summed E-state index contributed by atoms with van der Waals surface area (Å²) in [6.07, 6.45) is 4.30. The van der Waals surface area contributed by atoms with Crippen LogP contribution in [0.1, 0.15) is 30.9 Å². The lowest BCUT2D eigenvalue weighted by molar-refractivity contribution is 0.795. The van der Waals surface area contributed by atoms with Crippen molar-refractivity contribution < 1.29 is 0 Å². The third-order valence-electron chi connectivity index (χ3n) is 2.69. The van der Waals surface area contributed by atoms with Gasteiger partial charge in [-0.2, -0.15) is 0 Å². The van der Waals surface area contributed by atoms with E-state index in [4.69, 9.17) is 23.8 Å². The van der Waals surface area contributed by atoms with E-state index in [-0.39, 0.29) is 0 Å². The van der Waals surface area contributed by atoms with Gasteiger partial charge >= 0.3 is 0 Å². The van der Waals surface area contributed by atoms with Gasteiger partial charge in [0.25, 0.3) is 0 Å². The number of aryl methyl sites for hydroxylation is 1. The lowest BCUT2D eigenvalue weighted by Gasteiger charge is -2.06. The standard InChI is InChI=1S/C12H14ClNS/c1-2-3-4-8-5-10(13)9-7-12(15)14-11(9)6-8/h5-6H,2-4,7H2,1H3,(H,14,15). The molecule has 0 spiro atoms. The van der Waals surface area contributed by atoms with Crippen LogP contribution in [0.4, 0.5) is 5.69 Å². The third kappa shape index (κ3) is 2.32. The summed E-state index contributed by atoms with van der Waals surface area (Å²) in [5, 5.41) is 4.05. The molecule has 1 heterocycles. The number of rotatable bonds is 3. The summed E-state index contributed by atoms with van der Waals surface area (Å²) in [6.45, 7) is 2.20. The Morgan fingerprint density at radius 2 is 2.27 bits per heavy atom. The number of anilines is 1. The van der Waals surface area contributed by atoms with E-state index in [0.29, 0.717) is 0 Å². The smallest absolute Gasteiger partial charge is 0.0843 e. The van der Waals surface area contributed by atoms with E-state index in [9.17, 15) is 0 Å². The summed E-state index contributed by atoms with van der Waals surface area (Å²) in [7, 11) is 0. The average molecular weight is 240 g/mol. The van der Waals surface area contributed by atoms with Gasteiger partial charge in [-0.1, -0.05) is 37.2 Å². The van der Waals surface area contributed by atoms with Crippen molar-refractivity contribution in [3.8, 4) is 0 Å². The van der Waals surface area contributed by atoms with Crippen LogP contribution >= 0.6 is 23.8 Å². The number of nitrogens with one attached hydrogen (secondary N) is 1. The van der Waals surface area contributed by atoms with Gasteiger partial charge in [0.15, 0.2) is 0 Å². The first kappa shape index (κ1) is 10.9. The zero-order valence-corrected chi connectivity index (χ0v) is 10.3. The van der Waals surface area contributed by atoms with Crippen LogP contribution < -0.4 is 5.32 Å². The molecule has 1 N–H and O–H groups in total. The van der Waals surface area contributed by atoms with Crippen LogP contribution in [0.15, 0.2) is 12.1 Å². The van der Waals surface area contributed by atoms with Crippen molar-refractivity contribution in [1.82, 2.24) is 0 Å². The highest BCUT2D eigenvalue weighted by molar-refractivity contribution is 7.80. The molecule has 80 valence electrons. The van der Waals surface area contributed by atoms with Gasteiger partial charge < -0.3 is 5.32 Å². The van der Waals surface area contributed by atoms with Crippen molar-refractivity contribution in [2.75, 3.05) is 5.32 Å². The van der Waals surface area contributed by atoms with Crippen molar-refractivity contribution in [1.29, 1.82) is 0 Å². The van der Waals surface area contributed by atoms with Crippen LogP contribution in [0.5, 0.6) is 0 Å². The zero-order valence-electron chi connectivity index (χ0n) is 8.77. The summed E-state index contributed by atoms with van der Waals surface area (Å²) in [4.78, 5) is 0.875. The van der Waals surface area contributed by atoms with Crippen LogP contribution in [-0.4, -0.2) is 4.99 Å². The van der Waals surface area contributed by atoms with Gasteiger partial charge in [-0.05, 0) is 30.5 Å². The molecule has 0 fully saturated rings. The van der Waals surface area contributed by atoms with Crippen molar-refractivity contribution in [3.63, 3.8) is 0 Å². The highest BCUT2D eigenvalue weighted by Crippen LogP contribution is 2.32. The molecule has 1 aliphatic heterocycles. The first-order chi connectivity index (χ1) is 7.20. The summed E-state index contributed by atoms with van der Waals surface area (Å²) >= 11 is 11.4. The van der Waals surface area contributed by atoms with E-state index < -0.39 is 0 Å². The Morgan fingerprint density at radius 1 is 1.47 bits per heavy atom. The van der Waals surface area contributed by atoms with Gasteiger partial charge in [-0.25, -0.2) is 0 Å². The van der Waals surface area contributed by atoms with E-state index in [1.807, 2.05) is 0 Å². The molecule has 2 rings (SSSR count). The number of thiocarbonyl (C=S) groups is 1. The predicted octanol–water partition coefficient (Wildman–Crippen LogP) is 3.98. The number of fused-ring (bicyclic) bond motifs is 1. The normalized spacial score (nSPS) is 13.9. The second-order valence-electron chi connectivity index (χ2n) is 3.93. The molecule has 1 nitrogen and oxygen atoms in total. The lowest BCUT2D eigenvalue weighted by Crippen LogP contribution is -2.00. The van der Waals surface area contributed by atoms with Gasteiger partial charge in [0, 0.05) is 22.7 Å². The molecule has 0 unspecified atom stereocenters. The molecule has 0 amide bonds. The molecule has 0 saturated heterocycles. The van der Waals surface area contributed by atoms with E-state index in [1.54, 1.807) is 0 Å². The Hall–Kier alpha value is -0.600. The van der Waals surface area contributed by atoms with Crippen molar-refractivity contribution >= 4 is 34.5 Å². The maximum Gasteiger partial charge on any atom is 0.0843 e. The summed E-state index contributed by atoms with van der Waals surface area (Å²) in [5.74, 6) is 0. The molecule has 1 aromatic rings. The fourth-order valence-corrected chi connectivity index (χ4v) is 2.43. The Labute approximate surface area is 101 Å². The van der Waals surface area contributed by atoms with Crippen LogP contribution in [0.3, 0.4) is 0 Å². The highest BCUT2D eigenvalue weighted by atomic mass is 35.5. The topological polar surface area (TPSA) is 12.0 Å². The Morgan fingerprint density at radius 3 is 3.00 bits per heavy atom. The molecule has 1 aromatic carbocycles. The number of unbranched alkanes of at least 4 members (excludes halogenated alkanes) is 1. The minimum absolute atomic E-state index is 0.789. The van der Waals surface area contributed by atoms with Crippen LogP contribution in [0.2, 0.25) is 5.02 Å². The minimum Gasteiger partial charge on any atom is -0.349 e. The Bertz CT molecular complexity index is 401. The SMILES string of the molecule is CCCCc1cc(Cl)c2c(c1)NC(=S)C2. The number of halogens is 1. The molecule has 0 aromatic heterocycles. The van der Waals surface area contributed by atoms with Crippen LogP contribution in [0.25, 0.3) is 0 Å². The van der Waals surface area contributed by atoms with Gasteiger partial charge in [0.2, 0.25) is 0 Å². The first-order valence-corrected chi connectivity index (χ1v) is 6.10.